The second-order valence-corrected chi connectivity index (χ2v) is 6.36. The lowest BCUT2D eigenvalue weighted by atomic mass is 10.0. The fourth-order valence-electron chi connectivity index (χ4n) is 2.90. The van der Waals surface area contributed by atoms with Gasteiger partial charge < -0.3 is 19.9 Å². The number of hydrogen-bond acceptors (Lipinski definition) is 3. The monoisotopic (exact) mass is 319 g/mol. The molecule has 0 unspecified atom stereocenters. The van der Waals surface area contributed by atoms with E-state index in [0.717, 1.165) is 37.4 Å². The average Bonchev–Trinajstić information content (AvgIpc) is 2.56. The maximum Gasteiger partial charge on any atom is 0.321 e. The van der Waals surface area contributed by atoms with Gasteiger partial charge in [-0.15, -0.1) is 0 Å². The van der Waals surface area contributed by atoms with E-state index in [9.17, 15) is 4.79 Å². The number of piperidine rings is 1. The molecule has 23 heavy (non-hydrogen) atoms. The van der Waals surface area contributed by atoms with Gasteiger partial charge in [-0.25, -0.2) is 4.79 Å². The SMILES string of the molecule is CCOc1ccc(NC(=O)N2CCC(N(C)C(C)C)CC2)cc1. The van der Waals surface area contributed by atoms with Crippen molar-refractivity contribution in [3.63, 3.8) is 0 Å². The molecule has 0 aromatic heterocycles. The molecule has 0 spiro atoms. The number of nitrogens with one attached hydrogen (secondary N) is 1. The Bertz CT molecular complexity index is 493. The van der Waals surface area contributed by atoms with E-state index in [0.29, 0.717) is 18.7 Å². The highest BCUT2D eigenvalue weighted by Gasteiger charge is 2.26. The number of carbonyl (C=O) groups is 1. The number of ether oxygens (including phenoxy) is 1. The Kier molecular flexibility index (Phi) is 6.28. The Hall–Kier alpha value is -1.75. The van der Waals surface area contributed by atoms with Gasteiger partial charge >= 0.3 is 6.03 Å². The van der Waals surface area contributed by atoms with Crippen molar-refractivity contribution in [1.82, 2.24) is 9.80 Å². The summed E-state index contributed by atoms with van der Waals surface area (Å²) < 4.78 is 5.41. The van der Waals surface area contributed by atoms with Crippen molar-refractivity contribution in [2.45, 2.75) is 45.7 Å². The first kappa shape index (κ1) is 17.6. The predicted molar refractivity (Wildman–Crippen MR) is 94.1 cm³/mol. The number of urea groups is 1. The van der Waals surface area contributed by atoms with Crippen molar-refractivity contribution in [3.8, 4) is 5.75 Å². The van der Waals surface area contributed by atoms with Crippen LogP contribution in [0.25, 0.3) is 0 Å². The van der Waals surface area contributed by atoms with E-state index in [1.54, 1.807) is 0 Å². The highest BCUT2D eigenvalue weighted by atomic mass is 16.5. The Morgan fingerprint density at radius 2 is 1.91 bits per heavy atom. The van der Waals surface area contributed by atoms with Gasteiger partial charge in [0.15, 0.2) is 0 Å². The van der Waals surface area contributed by atoms with Gasteiger partial charge in [-0.3, -0.25) is 0 Å². The molecule has 1 aliphatic heterocycles. The molecule has 0 saturated carbocycles. The van der Waals surface area contributed by atoms with Crippen LogP contribution in [0.1, 0.15) is 33.6 Å². The molecule has 0 radical (unpaired) electrons. The van der Waals surface area contributed by atoms with Gasteiger partial charge in [0.05, 0.1) is 6.61 Å². The summed E-state index contributed by atoms with van der Waals surface area (Å²) in [5.41, 5.74) is 0.805. The zero-order valence-corrected chi connectivity index (χ0v) is 14.7. The van der Waals surface area contributed by atoms with Crippen molar-refractivity contribution in [2.24, 2.45) is 0 Å². The fourth-order valence-corrected chi connectivity index (χ4v) is 2.90. The number of likely N-dealkylation sites (tertiary alicyclic amines) is 1. The summed E-state index contributed by atoms with van der Waals surface area (Å²) in [7, 11) is 2.17. The van der Waals surface area contributed by atoms with Crippen LogP contribution in [0, 0.1) is 0 Å². The molecule has 1 saturated heterocycles. The van der Waals surface area contributed by atoms with E-state index in [1.807, 2.05) is 36.1 Å². The molecule has 1 heterocycles. The summed E-state index contributed by atoms with van der Waals surface area (Å²) in [6.45, 7) is 8.65. The molecule has 1 aliphatic rings. The van der Waals surface area contributed by atoms with E-state index >= 15 is 0 Å². The Labute approximate surface area is 139 Å². The average molecular weight is 319 g/mol. The number of nitrogens with zero attached hydrogens (tertiary/aromatic N) is 2. The topological polar surface area (TPSA) is 44.8 Å². The fraction of sp³-hybridized carbons (Fsp3) is 0.611. The van der Waals surface area contributed by atoms with E-state index in [2.05, 4.69) is 31.1 Å². The smallest absolute Gasteiger partial charge is 0.321 e. The normalized spacial score (nSPS) is 16.0. The van der Waals surface area contributed by atoms with Crippen LogP contribution in [0.3, 0.4) is 0 Å². The van der Waals surface area contributed by atoms with Gasteiger partial charge in [0.25, 0.3) is 0 Å². The van der Waals surface area contributed by atoms with Crippen LogP contribution in [0.5, 0.6) is 5.75 Å². The molecule has 0 atom stereocenters. The minimum atomic E-state index is -0.0141. The highest BCUT2D eigenvalue weighted by Crippen LogP contribution is 2.19. The van der Waals surface area contributed by atoms with Gasteiger partial charge in [0, 0.05) is 30.9 Å². The summed E-state index contributed by atoms with van der Waals surface area (Å²) in [6, 6.07) is 8.62. The van der Waals surface area contributed by atoms with Crippen LogP contribution in [0.15, 0.2) is 24.3 Å². The number of hydrogen-bond donors (Lipinski definition) is 1. The molecule has 2 rings (SSSR count). The molecule has 5 heteroatoms. The van der Waals surface area contributed by atoms with Crippen LogP contribution < -0.4 is 10.1 Å². The molecule has 1 N–H and O–H groups in total. The second kappa shape index (κ2) is 8.20. The van der Waals surface area contributed by atoms with Crippen molar-refractivity contribution >= 4 is 11.7 Å². The predicted octanol–water partition coefficient (Wildman–Crippen LogP) is 3.42. The van der Waals surface area contributed by atoms with Gasteiger partial charge in [-0.1, -0.05) is 0 Å². The summed E-state index contributed by atoms with van der Waals surface area (Å²) in [5.74, 6) is 0.822. The minimum absolute atomic E-state index is 0.0141. The number of carbonyl (C=O) groups excluding carboxylic acids is 1. The largest absolute Gasteiger partial charge is 0.494 e. The van der Waals surface area contributed by atoms with E-state index in [4.69, 9.17) is 4.74 Å². The van der Waals surface area contributed by atoms with Gasteiger partial charge in [0.1, 0.15) is 5.75 Å². The number of anilines is 1. The van der Waals surface area contributed by atoms with Crippen molar-refractivity contribution < 1.29 is 9.53 Å². The summed E-state index contributed by atoms with van der Waals surface area (Å²) in [5, 5.41) is 2.97. The first-order valence-corrected chi connectivity index (χ1v) is 8.52. The molecule has 5 nitrogen and oxygen atoms in total. The molecule has 1 aromatic carbocycles. The van der Waals surface area contributed by atoms with Crippen LogP contribution in [0.4, 0.5) is 10.5 Å². The van der Waals surface area contributed by atoms with Gasteiger partial charge in [-0.2, -0.15) is 0 Å². The van der Waals surface area contributed by atoms with Crippen LogP contribution >= 0.6 is 0 Å². The third-order valence-electron chi connectivity index (χ3n) is 4.56. The molecular formula is C18H29N3O2. The van der Waals surface area contributed by atoms with E-state index in [-0.39, 0.29) is 6.03 Å². The van der Waals surface area contributed by atoms with Crippen molar-refractivity contribution in [1.29, 1.82) is 0 Å². The lowest BCUT2D eigenvalue weighted by Gasteiger charge is -2.38. The van der Waals surface area contributed by atoms with Crippen LogP contribution in [-0.4, -0.2) is 54.7 Å². The first-order chi connectivity index (χ1) is 11.0. The summed E-state index contributed by atoms with van der Waals surface area (Å²) in [4.78, 5) is 16.7. The second-order valence-electron chi connectivity index (χ2n) is 6.36. The maximum atomic E-state index is 12.4. The Balaban J connectivity index is 1.83. The van der Waals surface area contributed by atoms with Crippen LogP contribution in [0.2, 0.25) is 0 Å². The maximum absolute atomic E-state index is 12.4. The molecule has 0 bridgehead atoms. The van der Waals surface area contributed by atoms with Crippen molar-refractivity contribution in [2.75, 3.05) is 32.1 Å². The zero-order chi connectivity index (χ0) is 16.8. The third-order valence-corrected chi connectivity index (χ3v) is 4.56. The Morgan fingerprint density at radius 1 is 1.30 bits per heavy atom. The zero-order valence-electron chi connectivity index (χ0n) is 14.7. The van der Waals surface area contributed by atoms with Crippen LogP contribution in [-0.2, 0) is 0 Å². The minimum Gasteiger partial charge on any atom is -0.494 e. The van der Waals surface area contributed by atoms with Crippen molar-refractivity contribution in [3.05, 3.63) is 24.3 Å². The van der Waals surface area contributed by atoms with E-state index < -0.39 is 0 Å². The quantitative estimate of drug-likeness (QED) is 0.904. The third kappa shape index (κ3) is 4.86. The van der Waals surface area contributed by atoms with E-state index in [1.165, 1.54) is 0 Å². The first-order valence-electron chi connectivity index (χ1n) is 8.52. The molecule has 128 valence electrons. The Morgan fingerprint density at radius 3 is 2.43 bits per heavy atom. The standard InChI is InChI=1S/C18H29N3O2/c1-5-23-17-8-6-15(7-9-17)19-18(22)21-12-10-16(11-13-21)20(4)14(2)3/h6-9,14,16H,5,10-13H2,1-4H3,(H,19,22). The lowest BCUT2D eigenvalue weighted by molar-refractivity contribution is 0.120. The summed E-state index contributed by atoms with van der Waals surface area (Å²) >= 11 is 0. The number of amides is 2. The molecular weight excluding hydrogens is 290 g/mol. The van der Waals surface area contributed by atoms with Gasteiger partial charge in [-0.05, 0) is 64.9 Å². The number of benzene rings is 1. The highest BCUT2D eigenvalue weighted by molar-refractivity contribution is 5.89. The number of rotatable bonds is 5. The molecule has 1 aromatic rings. The molecule has 1 fully saturated rings. The molecule has 0 aliphatic carbocycles. The lowest BCUT2D eigenvalue weighted by Crippen LogP contribution is -2.48. The van der Waals surface area contributed by atoms with Gasteiger partial charge in [0.2, 0.25) is 0 Å². The molecule has 2 amide bonds. The summed E-state index contributed by atoms with van der Waals surface area (Å²) in [6.07, 6.45) is 2.07.